The van der Waals surface area contributed by atoms with Crippen molar-refractivity contribution in [3.05, 3.63) is 0 Å². The summed E-state index contributed by atoms with van der Waals surface area (Å²) in [6, 6.07) is 0. The van der Waals surface area contributed by atoms with Crippen LogP contribution in [0.2, 0.25) is 0 Å². The number of rotatable bonds is 1. The van der Waals surface area contributed by atoms with Crippen molar-refractivity contribution >= 4 is 17.0 Å². The van der Waals surface area contributed by atoms with E-state index in [9.17, 15) is 0 Å². The Labute approximate surface area is 60.6 Å². The summed E-state index contributed by atoms with van der Waals surface area (Å²) in [5, 5.41) is 7.18. The summed E-state index contributed by atoms with van der Waals surface area (Å²) in [4.78, 5) is 8.77. The molecule has 3 nitrogen and oxygen atoms in total. The van der Waals surface area contributed by atoms with Crippen molar-refractivity contribution in [3.8, 4) is 0 Å². The fourth-order valence-corrected chi connectivity index (χ4v) is 0. The number of carbonyl (C=O) groups is 1. The Bertz CT molecular complexity index is 52.9. The van der Waals surface area contributed by atoms with E-state index in [1.807, 2.05) is 0 Å². The smallest absolute Gasteiger partial charge is 0.401 e. The third-order valence-corrected chi connectivity index (χ3v) is 0.500. The van der Waals surface area contributed by atoms with Crippen LogP contribution in [0.5, 0.6) is 0 Å². The summed E-state index contributed by atoms with van der Waals surface area (Å²) in [5.41, 5.74) is -1.36. The highest BCUT2D eigenvalue weighted by Gasteiger charge is 1.71. The van der Waals surface area contributed by atoms with Crippen LogP contribution in [0.1, 0.15) is 26.7 Å². The van der Waals surface area contributed by atoms with Gasteiger partial charge in [0, 0.05) is 11.6 Å². The van der Waals surface area contributed by atoms with Gasteiger partial charge in [0.25, 0.3) is 0 Å². The quantitative estimate of drug-likeness (QED) is 0.572. The lowest BCUT2D eigenvalue weighted by Crippen LogP contribution is -1.66. The van der Waals surface area contributed by atoms with Crippen molar-refractivity contribution in [1.29, 1.82) is 0 Å². The maximum absolute atomic E-state index is 8.77. The topological polar surface area (TPSA) is 72.3 Å². The Hall–Kier alpha value is -0.280. The maximum atomic E-state index is 8.77. The maximum Gasteiger partial charge on any atom is 0.401 e. The van der Waals surface area contributed by atoms with Gasteiger partial charge in [0.2, 0.25) is 0 Å². The minimum Gasteiger partial charge on any atom is -0.469 e. The standard InChI is InChI=1S/C4H10.CHClO2.H3N/c1-3-4-2;2-1(3)4;/h3-4H2,1-2H3;(H,3,4);1H3. The Morgan fingerprint density at radius 1 is 1.44 bits per heavy atom. The molecular formula is C5H14ClNO2. The van der Waals surface area contributed by atoms with Crippen LogP contribution in [0.25, 0.3) is 0 Å². The SMILES string of the molecule is CCCC.N.O=C(O)Cl. The van der Waals surface area contributed by atoms with Crippen LogP contribution in [0.15, 0.2) is 0 Å². The summed E-state index contributed by atoms with van der Waals surface area (Å²) in [7, 11) is 0. The first kappa shape index (κ1) is 15.9. The molecule has 0 aliphatic carbocycles. The van der Waals surface area contributed by atoms with Crippen LogP contribution in [0.3, 0.4) is 0 Å². The summed E-state index contributed by atoms with van der Waals surface area (Å²) in [6.07, 6.45) is 2.64. The van der Waals surface area contributed by atoms with Crippen LogP contribution in [-0.4, -0.2) is 10.5 Å². The van der Waals surface area contributed by atoms with Gasteiger partial charge in [-0.25, -0.2) is 4.79 Å². The van der Waals surface area contributed by atoms with Gasteiger partial charge < -0.3 is 11.3 Å². The van der Waals surface area contributed by atoms with Crippen molar-refractivity contribution in [2.75, 3.05) is 0 Å². The molecule has 0 aromatic heterocycles. The molecule has 0 bridgehead atoms. The molecule has 4 N–H and O–H groups in total. The minimum absolute atomic E-state index is 0. The van der Waals surface area contributed by atoms with Gasteiger partial charge in [-0.15, -0.1) is 0 Å². The van der Waals surface area contributed by atoms with Gasteiger partial charge in [0.15, 0.2) is 0 Å². The molecule has 0 fully saturated rings. The highest BCUT2D eigenvalue weighted by Crippen LogP contribution is 1.76. The fraction of sp³-hybridized carbons (Fsp3) is 0.800. The fourth-order valence-electron chi connectivity index (χ4n) is 0. The van der Waals surface area contributed by atoms with E-state index in [0.717, 1.165) is 0 Å². The number of hydrogen-bond acceptors (Lipinski definition) is 2. The van der Waals surface area contributed by atoms with Crippen LogP contribution in [-0.2, 0) is 0 Å². The molecule has 0 aromatic rings. The first-order valence-corrected chi connectivity index (χ1v) is 2.91. The van der Waals surface area contributed by atoms with Gasteiger partial charge >= 0.3 is 5.43 Å². The third kappa shape index (κ3) is 487. The molecule has 0 atom stereocenters. The van der Waals surface area contributed by atoms with Gasteiger partial charge in [-0.05, 0) is 0 Å². The van der Waals surface area contributed by atoms with E-state index in [2.05, 4.69) is 25.4 Å². The number of halogens is 1. The average molecular weight is 156 g/mol. The van der Waals surface area contributed by atoms with Crippen LogP contribution >= 0.6 is 11.6 Å². The Balaban J connectivity index is -0.0000000720. The molecule has 0 saturated carbocycles. The van der Waals surface area contributed by atoms with Crippen LogP contribution in [0.4, 0.5) is 4.79 Å². The highest BCUT2D eigenvalue weighted by atomic mass is 35.5. The zero-order valence-corrected chi connectivity index (χ0v) is 6.61. The Morgan fingerprint density at radius 3 is 1.56 bits per heavy atom. The summed E-state index contributed by atoms with van der Waals surface area (Å²) in [5.74, 6) is 0. The lowest BCUT2D eigenvalue weighted by atomic mass is 10.4. The van der Waals surface area contributed by atoms with Crippen LogP contribution < -0.4 is 6.15 Å². The predicted octanol–water partition coefficient (Wildman–Crippen LogP) is 2.87. The Morgan fingerprint density at radius 2 is 1.56 bits per heavy atom. The van der Waals surface area contributed by atoms with Crippen molar-refractivity contribution in [3.63, 3.8) is 0 Å². The lowest BCUT2D eigenvalue weighted by Gasteiger charge is -1.68. The molecule has 0 spiro atoms. The van der Waals surface area contributed by atoms with E-state index in [4.69, 9.17) is 9.90 Å². The van der Waals surface area contributed by atoms with Gasteiger partial charge in [0.1, 0.15) is 0 Å². The van der Waals surface area contributed by atoms with Crippen molar-refractivity contribution < 1.29 is 9.90 Å². The third-order valence-electron chi connectivity index (χ3n) is 0.500. The minimum atomic E-state index is -1.36. The van der Waals surface area contributed by atoms with E-state index in [0.29, 0.717) is 0 Å². The molecule has 0 unspecified atom stereocenters. The number of hydrogen-bond donors (Lipinski definition) is 2. The summed E-state index contributed by atoms with van der Waals surface area (Å²) in [6.45, 7) is 4.36. The van der Waals surface area contributed by atoms with Gasteiger partial charge in [-0.1, -0.05) is 26.7 Å². The number of carboxylic acid groups (broad SMARTS) is 1. The van der Waals surface area contributed by atoms with Crippen molar-refractivity contribution in [2.45, 2.75) is 26.7 Å². The lowest BCUT2D eigenvalue weighted by molar-refractivity contribution is 0.220. The van der Waals surface area contributed by atoms with Gasteiger partial charge in [-0.3, -0.25) is 0 Å². The van der Waals surface area contributed by atoms with Crippen molar-refractivity contribution in [2.24, 2.45) is 0 Å². The van der Waals surface area contributed by atoms with E-state index in [1.165, 1.54) is 12.8 Å². The second-order valence-corrected chi connectivity index (χ2v) is 1.58. The molecule has 0 radical (unpaired) electrons. The second kappa shape index (κ2) is 15.6. The molecule has 0 saturated heterocycles. The molecule has 0 aliphatic rings. The average Bonchev–Trinajstić information content (AvgIpc) is 1.65. The molecule has 0 rings (SSSR count). The Kier molecular flexibility index (Phi) is 27.6. The normalized spacial score (nSPS) is 6.11. The summed E-state index contributed by atoms with van der Waals surface area (Å²) >= 11 is 4.19. The molecule has 0 heterocycles. The van der Waals surface area contributed by atoms with Gasteiger partial charge in [-0.2, -0.15) is 0 Å². The predicted molar refractivity (Wildman–Crippen MR) is 39.5 cm³/mol. The largest absolute Gasteiger partial charge is 0.469 e. The molecule has 9 heavy (non-hydrogen) atoms. The van der Waals surface area contributed by atoms with E-state index >= 15 is 0 Å². The molecule has 0 aromatic carbocycles. The second-order valence-electron chi connectivity index (χ2n) is 1.25. The zero-order valence-electron chi connectivity index (χ0n) is 5.85. The summed E-state index contributed by atoms with van der Waals surface area (Å²) < 4.78 is 0. The molecule has 0 aliphatic heterocycles. The molecule has 58 valence electrons. The van der Waals surface area contributed by atoms with E-state index in [1.54, 1.807) is 0 Å². The first-order valence-electron chi connectivity index (χ1n) is 2.53. The van der Waals surface area contributed by atoms with E-state index < -0.39 is 5.43 Å². The molecule has 4 heteroatoms. The van der Waals surface area contributed by atoms with E-state index in [-0.39, 0.29) is 6.15 Å². The highest BCUT2D eigenvalue weighted by molar-refractivity contribution is 6.60. The molecular weight excluding hydrogens is 142 g/mol. The number of unbranched alkanes of at least 4 members (excludes halogenated alkanes) is 1. The van der Waals surface area contributed by atoms with Crippen LogP contribution in [0, 0.1) is 0 Å². The van der Waals surface area contributed by atoms with Crippen molar-refractivity contribution in [1.82, 2.24) is 6.15 Å². The first-order chi connectivity index (χ1) is 3.65. The van der Waals surface area contributed by atoms with Gasteiger partial charge in [0.05, 0.1) is 0 Å². The molecule has 0 amide bonds. The zero-order chi connectivity index (χ0) is 6.99. The monoisotopic (exact) mass is 155 g/mol.